The second-order valence-electron chi connectivity index (χ2n) is 6.87. The van der Waals surface area contributed by atoms with E-state index in [0.29, 0.717) is 43.9 Å². The van der Waals surface area contributed by atoms with Crippen molar-refractivity contribution in [1.29, 1.82) is 0 Å². The predicted molar refractivity (Wildman–Crippen MR) is 103 cm³/mol. The molecule has 8 heteroatoms. The molecule has 0 saturated carbocycles. The molecule has 2 aromatic rings. The highest BCUT2D eigenvalue weighted by Crippen LogP contribution is 2.19. The maximum Gasteiger partial charge on any atom is 0.243 e. The van der Waals surface area contributed by atoms with E-state index in [-0.39, 0.29) is 5.91 Å². The highest BCUT2D eigenvalue weighted by atomic mass is 32.2. The summed E-state index contributed by atoms with van der Waals surface area (Å²) in [7, 11) is -1.59. The fourth-order valence-corrected chi connectivity index (χ4v) is 4.93. The first-order valence-electron chi connectivity index (χ1n) is 9.12. The standard InChI is InChI=1S/C19H26N4O3S/c1-15-18(16(2)21(3)20-15)9-10-19(24)22-11-13-23(14-12-22)27(25,26)17-7-5-4-6-8-17/h4-8H,9-14H2,1-3H3. The SMILES string of the molecule is Cc1nn(C)c(C)c1CCC(=O)N1CCN(S(=O)(=O)c2ccccc2)CC1. The van der Waals surface area contributed by atoms with Crippen LogP contribution in [-0.2, 0) is 28.3 Å². The monoisotopic (exact) mass is 390 g/mol. The van der Waals surface area contributed by atoms with Crippen molar-refractivity contribution in [3.05, 3.63) is 47.3 Å². The lowest BCUT2D eigenvalue weighted by Gasteiger charge is -2.34. The molecule has 1 aliphatic heterocycles. The Bertz CT molecular complexity index is 914. The molecular weight excluding hydrogens is 364 g/mol. The van der Waals surface area contributed by atoms with Crippen LogP contribution in [-0.4, -0.2) is 59.5 Å². The maximum atomic E-state index is 12.7. The Balaban J connectivity index is 1.56. The molecule has 0 radical (unpaired) electrons. The molecule has 2 heterocycles. The molecule has 7 nitrogen and oxygen atoms in total. The normalized spacial score (nSPS) is 15.9. The summed E-state index contributed by atoms with van der Waals surface area (Å²) in [6, 6.07) is 8.43. The molecule has 0 bridgehead atoms. The predicted octanol–water partition coefficient (Wildman–Crippen LogP) is 1.50. The second kappa shape index (κ2) is 7.82. The molecule has 1 amide bonds. The van der Waals surface area contributed by atoms with Gasteiger partial charge in [-0.15, -0.1) is 0 Å². The Labute approximate surface area is 160 Å². The molecule has 1 saturated heterocycles. The minimum atomic E-state index is -3.49. The number of nitrogens with zero attached hydrogens (tertiary/aromatic N) is 4. The van der Waals surface area contributed by atoms with Gasteiger partial charge in [0, 0.05) is 45.3 Å². The molecular formula is C19H26N4O3S. The third kappa shape index (κ3) is 4.06. The summed E-state index contributed by atoms with van der Waals surface area (Å²) < 4.78 is 28.6. The van der Waals surface area contributed by atoms with E-state index in [2.05, 4.69) is 5.10 Å². The average Bonchev–Trinajstić information content (AvgIpc) is 2.92. The number of carbonyl (C=O) groups is 1. The molecule has 3 rings (SSSR count). The Morgan fingerprint density at radius 3 is 2.26 bits per heavy atom. The number of benzene rings is 1. The highest BCUT2D eigenvalue weighted by Gasteiger charge is 2.29. The van der Waals surface area contributed by atoms with E-state index in [1.807, 2.05) is 25.6 Å². The molecule has 0 spiro atoms. The van der Waals surface area contributed by atoms with E-state index in [1.165, 1.54) is 4.31 Å². The van der Waals surface area contributed by atoms with Crippen molar-refractivity contribution >= 4 is 15.9 Å². The average molecular weight is 391 g/mol. The molecule has 0 atom stereocenters. The molecule has 27 heavy (non-hydrogen) atoms. The summed E-state index contributed by atoms with van der Waals surface area (Å²) in [6.45, 7) is 5.47. The van der Waals surface area contributed by atoms with Crippen molar-refractivity contribution in [1.82, 2.24) is 19.0 Å². The van der Waals surface area contributed by atoms with Crippen LogP contribution in [0.2, 0.25) is 0 Å². The third-order valence-corrected chi connectivity index (χ3v) is 7.13. The second-order valence-corrected chi connectivity index (χ2v) is 8.81. The quantitative estimate of drug-likeness (QED) is 0.775. The molecule has 0 N–H and O–H groups in total. The minimum Gasteiger partial charge on any atom is -0.340 e. The fraction of sp³-hybridized carbons (Fsp3) is 0.474. The van der Waals surface area contributed by atoms with E-state index in [1.54, 1.807) is 35.2 Å². The Morgan fingerprint density at radius 1 is 1.07 bits per heavy atom. The number of hydrogen-bond acceptors (Lipinski definition) is 4. The van der Waals surface area contributed by atoms with Crippen LogP contribution >= 0.6 is 0 Å². The summed E-state index contributed by atoms with van der Waals surface area (Å²) in [4.78, 5) is 14.6. The van der Waals surface area contributed by atoms with E-state index in [4.69, 9.17) is 0 Å². The molecule has 146 valence electrons. The van der Waals surface area contributed by atoms with Crippen LogP contribution in [0, 0.1) is 13.8 Å². The summed E-state index contributed by atoms with van der Waals surface area (Å²) in [5.74, 6) is 0.0643. The number of hydrogen-bond donors (Lipinski definition) is 0. The third-order valence-electron chi connectivity index (χ3n) is 5.22. The van der Waals surface area contributed by atoms with Gasteiger partial charge >= 0.3 is 0 Å². The van der Waals surface area contributed by atoms with Crippen LogP contribution in [0.3, 0.4) is 0 Å². The highest BCUT2D eigenvalue weighted by molar-refractivity contribution is 7.89. The van der Waals surface area contributed by atoms with Gasteiger partial charge in [-0.25, -0.2) is 8.42 Å². The molecule has 0 unspecified atom stereocenters. The van der Waals surface area contributed by atoms with Gasteiger partial charge in [0.2, 0.25) is 15.9 Å². The van der Waals surface area contributed by atoms with Gasteiger partial charge in [-0.05, 0) is 38.0 Å². The van der Waals surface area contributed by atoms with Crippen molar-refractivity contribution in [2.45, 2.75) is 31.6 Å². The zero-order chi connectivity index (χ0) is 19.6. The smallest absolute Gasteiger partial charge is 0.243 e. The van der Waals surface area contributed by atoms with Gasteiger partial charge in [-0.3, -0.25) is 9.48 Å². The number of piperazine rings is 1. The number of aryl methyl sites for hydroxylation is 2. The first-order valence-corrected chi connectivity index (χ1v) is 10.6. The Morgan fingerprint density at radius 2 is 1.70 bits per heavy atom. The van der Waals surface area contributed by atoms with Gasteiger partial charge in [-0.1, -0.05) is 18.2 Å². The van der Waals surface area contributed by atoms with Crippen LogP contribution in [0.15, 0.2) is 35.2 Å². The summed E-state index contributed by atoms with van der Waals surface area (Å²) >= 11 is 0. The van der Waals surface area contributed by atoms with Gasteiger partial charge in [0.1, 0.15) is 0 Å². The van der Waals surface area contributed by atoms with E-state index in [0.717, 1.165) is 17.0 Å². The maximum absolute atomic E-state index is 12.7. The van der Waals surface area contributed by atoms with Crippen LogP contribution in [0.1, 0.15) is 23.4 Å². The Kier molecular flexibility index (Phi) is 5.67. The zero-order valence-corrected chi connectivity index (χ0v) is 16.9. The number of sulfonamides is 1. The molecule has 1 aromatic carbocycles. The van der Waals surface area contributed by atoms with Crippen molar-refractivity contribution < 1.29 is 13.2 Å². The van der Waals surface area contributed by atoms with Crippen LogP contribution < -0.4 is 0 Å². The summed E-state index contributed by atoms with van der Waals surface area (Å²) in [5, 5.41) is 4.39. The lowest BCUT2D eigenvalue weighted by atomic mass is 10.1. The van der Waals surface area contributed by atoms with E-state index < -0.39 is 10.0 Å². The van der Waals surface area contributed by atoms with Gasteiger partial charge in [0.25, 0.3) is 0 Å². The topological polar surface area (TPSA) is 75.5 Å². The van der Waals surface area contributed by atoms with Crippen LogP contribution in [0.5, 0.6) is 0 Å². The van der Waals surface area contributed by atoms with E-state index in [9.17, 15) is 13.2 Å². The number of carbonyl (C=O) groups excluding carboxylic acids is 1. The Hall–Kier alpha value is -2.19. The number of amides is 1. The summed E-state index contributed by atoms with van der Waals surface area (Å²) in [6.07, 6.45) is 1.08. The largest absolute Gasteiger partial charge is 0.340 e. The van der Waals surface area contributed by atoms with Crippen LogP contribution in [0.25, 0.3) is 0 Å². The van der Waals surface area contributed by atoms with Gasteiger partial charge < -0.3 is 4.90 Å². The number of rotatable bonds is 5. The molecule has 1 aromatic heterocycles. The van der Waals surface area contributed by atoms with Crippen molar-refractivity contribution in [2.24, 2.45) is 7.05 Å². The van der Waals surface area contributed by atoms with Crippen molar-refractivity contribution in [3.63, 3.8) is 0 Å². The first kappa shape index (κ1) is 19.6. The van der Waals surface area contributed by atoms with Gasteiger partial charge in [0.15, 0.2) is 0 Å². The molecule has 1 fully saturated rings. The number of aromatic nitrogens is 2. The summed E-state index contributed by atoms with van der Waals surface area (Å²) in [5.41, 5.74) is 3.16. The van der Waals surface area contributed by atoms with Crippen molar-refractivity contribution in [3.8, 4) is 0 Å². The zero-order valence-electron chi connectivity index (χ0n) is 16.1. The van der Waals surface area contributed by atoms with Gasteiger partial charge in [-0.2, -0.15) is 9.40 Å². The van der Waals surface area contributed by atoms with E-state index >= 15 is 0 Å². The van der Waals surface area contributed by atoms with Crippen LogP contribution in [0.4, 0.5) is 0 Å². The lowest BCUT2D eigenvalue weighted by Crippen LogP contribution is -2.50. The fourth-order valence-electron chi connectivity index (χ4n) is 3.49. The molecule has 1 aliphatic rings. The lowest BCUT2D eigenvalue weighted by molar-refractivity contribution is -0.132. The van der Waals surface area contributed by atoms with Crippen molar-refractivity contribution in [2.75, 3.05) is 26.2 Å². The first-order chi connectivity index (χ1) is 12.8. The van der Waals surface area contributed by atoms with Gasteiger partial charge in [0.05, 0.1) is 10.6 Å². The minimum absolute atomic E-state index is 0.0643. The molecule has 0 aliphatic carbocycles.